The summed E-state index contributed by atoms with van der Waals surface area (Å²) in [5.41, 5.74) is 14.9. The Kier molecular flexibility index (Phi) is 4.89. The van der Waals surface area contributed by atoms with Crippen molar-refractivity contribution in [2.75, 3.05) is 11.5 Å². The number of amides is 1. The minimum Gasteiger partial charge on any atom is -0.399 e. The minimum atomic E-state index is -0.147. The summed E-state index contributed by atoms with van der Waals surface area (Å²) in [4.78, 5) is 23.0. The summed E-state index contributed by atoms with van der Waals surface area (Å²) in [5.74, 6) is -0.147. The van der Waals surface area contributed by atoms with E-state index in [2.05, 4.69) is 9.97 Å². The highest BCUT2D eigenvalue weighted by Gasteiger charge is 2.18. The fraction of sp³-hybridized carbons (Fsp3) is 0.105. The van der Waals surface area contributed by atoms with Crippen molar-refractivity contribution in [1.29, 1.82) is 0 Å². The Bertz CT molecular complexity index is 790. The highest BCUT2D eigenvalue weighted by molar-refractivity contribution is 5.96. The van der Waals surface area contributed by atoms with E-state index in [1.54, 1.807) is 47.9 Å². The molecule has 0 saturated carbocycles. The number of aromatic nitrogens is 2. The van der Waals surface area contributed by atoms with E-state index in [1.165, 1.54) is 0 Å². The van der Waals surface area contributed by atoms with Crippen LogP contribution in [0.4, 0.5) is 11.4 Å². The number of hydrogen-bond acceptors (Lipinski definition) is 5. The maximum Gasteiger partial charge on any atom is 0.254 e. The van der Waals surface area contributed by atoms with Gasteiger partial charge in [-0.15, -0.1) is 0 Å². The quantitative estimate of drug-likeness (QED) is 0.699. The summed E-state index contributed by atoms with van der Waals surface area (Å²) in [6.07, 6.45) is 6.90. The van der Waals surface area contributed by atoms with Crippen LogP contribution in [-0.2, 0) is 13.1 Å². The van der Waals surface area contributed by atoms with Crippen molar-refractivity contribution in [1.82, 2.24) is 14.9 Å². The van der Waals surface area contributed by atoms with Crippen LogP contribution in [0.15, 0.2) is 67.3 Å². The van der Waals surface area contributed by atoms with E-state index < -0.39 is 0 Å². The van der Waals surface area contributed by atoms with Gasteiger partial charge >= 0.3 is 0 Å². The Balaban J connectivity index is 1.90. The molecule has 3 rings (SSSR count). The molecule has 0 bridgehead atoms. The normalized spacial score (nSPS) is 10.4. The average Bonchev–Trinajstić information content (AvgIpc) is 2.61. The second-order valence-electron chi connectivity index (χ2n) is 5.77. The third-order valence-electron chi connectivity index (χ3n) is 3.70. The maximum atomic E-state index is 13.0. The number of anilines is 2. The Labute approximate surface area is 146 Å². The number of rotatable bonds is 5. The minimum absolute atomic E-state index is 0.147. The van der Waals surface area contributed by atoms with Crippen LogP contribution >= 0.6 is 0 Å². The van der Waals surface area contributed by atoms with Crippen molar-refractivity contribution < 1.29 is 4.79 Å². The molecule has 1 amide bonds. The van der Waals surface area contributed by atoms with Gasteiger partial charge in [-0.05, 0) is 41.5 Å². The van der Waals surface area contributed by atoms with E-state index >= 15 is 0 Å². The molecule has 1 aromatic carbocycles. The van der Waals surface area contributed by atoms with Crippen molar-refractivity contribution in [2.24, 2.45) is 0 Å². The van der Waals surface area contributed by atoms with E-state index in [1.807, 2.05) is 24.3 Å². The van der Waals surface area contributed by atoms with Crippen LogP contribution in [0.3, 0.4) is 0 Å². The molecule has 0 radical (unpaired) electrons. The summed E-state index contributed by atoms with van der Waals surface area (Å²) < 4.78 is 0. The first-order valence-electron chi connectivity index (χ1n) is 7.85. The highest BCUT2D eigenvalue weighted by Crippen LogP contribution is 2.18. The number of nitrogens with zero attached hydrogens (tertiary/aromatic N) is 3. The third-order valence-corrected chi connectivity index (χ3v) is 3.70. The smallest absolute Gasteiger partial charge is 0.254 e. The first-order chi connectivity index (χ1) is 12.1. The fourth-order valence-corrected chi connectivity index (χ4v) is 2.61. The zero-order chi connectivity index (χ0) is 17.6. The molecule has 126 valence electrons. The monoisotopic (exact) mass is 333 g/mol. The van der Waals surface area contributed by atoms with Gasteiger partial charge in [0.1, 0.15) is 0 Å². The number of benzene rings is 1. The van der Waals surface area contributed by atoms with Gasteiger partial charge in [-0.3, -0.25) is 14.8 Å². The molecule has 6 heteroatoms. The van der Waals surface area contributed by atoms with Crippen LogP contribution in [-0.4, -0.2) is 20.8 Å². The number of nitrogen functional groups attached to an aromatic ring is 2. The standard InChI is InChI=1S/C19H19N5O/c20-17-7-16(8-18(21)9-17)19(25)24(12-14-3-1-5-22-10-14)13-15-4-2-6-23-11-15/h1-11H,12-13,20-21H2. The Hall–Kier alpha value is -3.41. The molecule has 6 nitrogen and oxygen atoms in total. The van der Waals surface area contributed by atoms with Crippen LogP contribution < -0.4 is 11.5 Å². The molecule has 0 spiro atoms. The number of carbonyl (C=O) groups excluding carboxylic acids is 1. The zero-order valence-electron chi connectivity index (χ0n) is 13.7. The summed E-state index contributed by atoms with van der Waals surface area (Å²) in [6, 6.07) is 12.5. The van der Waals surface area contributed by atoms with Gasteiger partial charge in [-0.1, -0.05) is 12.1 Å². The average molecular weight is 333 g/mol. The van der Waals surface area contributed by atoms with Gasteiger partial charge in [-0.25, -0.2) is 0 Å². The molecule has 0 aliphatic rings. The van der Waals surface area contributed by atoms with Crippen molar-refractivity contribution in [3.05, 3.63) is 83.9 Å². The first-order valence-corrected chi connectivity index (χ1v) is 7.85. The predicted octanol–water partition coefficient (Wildman–Crippen LogP) is 2.48. The third kappa shape index (κ3) is 4.32. The molecule has 25 heavy (non-hydrogen) atoms. The fourth-order valence-electron chi connectivity index (χ4n) is 2.61. The molecule has 4 N–H and O–H groups in total. The Morgan fingerprint density at radius 1 is 0.880 bits per heavy atom. The lowest BCUT2D eigenvalue weighted by molar-refractivity contribution is 0.0730. The highest BCUT2D eigenvalue weighted by atomic mass is 16.2. The number of carbonyl (C=O) groups is 1. The molecule has 2 heterocycles. The van der Waals surface area contributed by atoms with Gasteiger partial charge in [-0.2, -0.15) is 0 Å². The maximum absolute atomic E-state index is 13.0. The molecule has 0 aliphatic carbocycles. The molecular formula is C19H19N5O. The lowest BCUT2D eigenvalue weighted by Gasteiger charge is -2.23. The van der Waals surface area contributed by atoms with E-state index in [-0.39, 0.29) is 5.91 Å². The molecule has 3 aromatic rings. The van der Waals surface area contributed by atoms with E-state index in [0.717, 1.165) is 11.1 Å². The second-order valence-corrected chi connectivity index (χ2v) is 5.77. The molecule has 0 saturated heterocycles. The van der Waals surface area contributed by atoms with Crippen LogP contribution in [0.2, 0.25) is 0 Å². The summed E-state index contributed by atoms with van der Waals surface area (Å²) in [6.45, 7) is 0.854. The van der Waals surface area contributed by atoms with Crippen LogP contribution in [0.5, 0.6) is 0 Å². The van der Waals surface area contributed by atoms with Gasteiger partial charge in [0.2, 0.25) is 0 Å². The van der Waals surface area contributed by atoms with Gasteiger partial charge in [0, 0.05) is 54.8 Å². The van der Waals surface area contributed by atoms with E-state index in [0.29, 0.717) is 30.0 Å². The van der Waals surface area contributed by atoms with Crippen molar-refractivity contribution in [3.63, 3.8) is 0 Å². The van der Waals surface area contributed by atoms with E-state index in [4.69, 9.17) is 11.5 Å². The SMILES string of the molecule is Nc1cc(N)cc(C(=O)N(Cc2cccnc2)Cc2cccnc2)c1. The van der Waals surface area contributed by atoms with Crippen LogP contribution in [0.25, 0.3) is 0 Å². The lowest BCUT2D eigenvalue weighted by Crippen LogP contribution is -2.30. The van der Waals surface area contributed by atoms with Crippen molar-refractivity contribution in [2.45, 2.75) is 13.1 Å². The van der Waals surface area contributed by atoms with Crippen molar-refractivity contribution >= 4 is 17.3 Å². The largest absolute Gasteiger partial charge is 0.399 e. The Morgan fingerprint density at radius 2 is 1.40 bits per heavy atom. The molecule has 2 aromatic heterocycles. The molecule has 0 atom stereocenters. The van der Waals surface area contributed by atoms with E-state index in [9.17, 15) is 4.79 Å². The molecule has 0 unspecified atom stereocenters. The summed E-state index contributed by atoms with van der Waals surface area (Å²) in [7, 11) is 0. The number of hydrogen-bond donors (Lipinski definition) is 2. The topological polar surface area (TPSA) is 98.1 Å². The zero-order valence-corrected chi connectivity index (χ0v) is 13.7. The van der Waals surface area contributed by atoms with Crippen molar-refractivity contribution in [3.8, 4) is 0 Å². The number of nitrogens with two attached hydrogens (primary N) is 2. The van der Waals surface area contributed by atoms with Gasteiger partial charge < -0.3 is 16.4 Å². The van der Waals surface area contributed by atoms with Gasteiger partial charge in [0.15, 0.2) is 0 Å². The summed E-state index contributed by atoms with van der Waals surface area (Å²) in [5, 5.41) is 0. The summed E-state index contributed by atoms with van der Waals surface area (Å²) >= 11 is 0. The first kappa shape index (κ1) is 16.4. The molecule has 0 fully saturated rings. The number of pyridine rings is 2. The van der Waals surface area contributed by atoms with Crippen LogP contribution in [0.1, 0.15) is 21.5 Å². The molecular weight excluding hydrogens is 314 g/mol. The molecule has 0 aliphatic heterocycles. The van der Waals surface area contributed by atoms with Gasteiger partial charge in [0.05, 0.1) is 0 Å². The second kappa shape index (κ2) is 7.44. The Morgan fingerprint density at radius 3 is 1.84 bits per heavy atom. The predicted molar refractivity (Wildman–Crippen MR) is 97.3 cm³/mol. The lowest BCUT2D eigenvalue weighted by atomic mass is 10.1. The van der Waals surface area contributed by atoms with Crippen LogP contribution in [0, 0.1) is 0 Å². The van der Waals surface area contributed by atoms with Gasteiger partial charge in [0.25, 0.3) is 5.91 Å².